The molecule has 1 rings (SSSR count). The zero-order valence-electron chi connectivity index (χ0n) is 9.37. The Morgan fingerprint density at radius 1 is 1.28 bits per heavy atom. The molecule has 2 N–H and O–H groups in total. The highest BCUT2D eigenvalue weighted by Crippen LogP contribution is 2.20. The number of anilines is 1. The number of benzene rings is 1. The first-order chi connectivity index (χ1) is 8.38. The average molecular weight is 263 g/mol. The van der Waals surface area contributed by atoms with Gasteiger partial charge in [-0.25, -0.2) is 0 Å². The predicted octanol–water partition coefficient (Wildman–Crippen LogP) is 2.14. The van der Waals surface area contributed by atoms with E-state index in [0.29, 0.717) is 11.4 Å². The standard InChI is InChI=1S/C11H12F3NO3/c12-11(13,14)7-18-10(16)5-6-17-9-4-2-1-3-8(9)15/h1-4H,5-7,15H2. The summed E-state index contributed by atoms with van der Waals surface area (Å²) in [7, 11) is 0. The van der Waals surface area contributed by atoms with E-state index in [1.165, 1.54) is 0 Å². The van der Waals surface area contributed by atoms with Gasteiger partial charge in [-0.2, -0.15) is 13.2 Å². The maximum atomic E-state index is 11.7. The van der Waals surface area contributed by atoms with Crippen LogP contribution in [-0.2, 0) is 9.53 Å². The topological polar surface area (TPSA) is 61.5 Å². The molecule has 0 bridgehead atoms. The number of carbonyl (C=O) groups is 1. The molecule has 0 spiro atoms. The third-order valence-electron chi connectivity index (χ3n) is 1.88. The van der Waals surface area contributed by atoms with Crippen molar-refractivity contribution in [2.45, 2.75) is 12.6 Å². The molecule has 0 saturated heterocycles. The van der Waals surface area contributed by atoms with E-state index >= 15 is 0 Å². The van der Waals surface area contributed by atoms with Crippen LogP contribution in [0.25, 0.3) is 0 Å². The molecule has 18 heavy (non-hydrogen) atoms. The van der Waals surface area contributed by atoms with Crippen molar-refractivity contribution < 1.29 is 27.4 Å². The van der Waals surface area contributed by atoms with Gasteiger partial charge in [0.1, 0.15) is 5.75 Å². The van der Waals surface area contributed by atoms with Gasteiger partial charge in [0.15, 0.2) is 6.61 Å². The van der Waals surface area contributed by atoms with E-state index < -0.39 is 18.8 Å². The lowest BCUT2D eigenvalue weighted by atomic mass is 10.3. The molecule has 1 aromatic carbocycles. The van der Waals surface area contributed by atoms with Crippen LogP contribution in [0, 0.1) is 0 Å². The Morgan fingerprint density at radius 3 is 2.56 bits per heavy atom. The molecule has 0 heterocycles. The number of nitrogens with two attached hydrogens (primary N) is 1. The Balaban J connectivity index is 2.26. The van der Waals surface area contributed by atoms with Gasteiger partial charge in [-0.3, -0.25) is 4.79 Å². The molecule has 0 unspecified atom stereocenters. The number of halogens is 3. The van der Waals surface area contributed by atoms with Crippen LogP contribution in [-0.4, -0.2) is 25.4 Å². The number of alkyl halides is 3. The number of carbonyl (C=O) groups excluding carboxylic acids is 1. The molecular formula is C11H12F3NO3. The minimum absolute atomic E-state index is 0.0924. The first-order valence-corrected chi connectivity index (χ1v) is 5.08. The monoisotopic (exact) mass is 263 g/mol. The lowest BCUT2D eigenvalue weighted by molar-refractivity contribution is -0.186. The summed E-state index contributed by atoms with van der Waals surface area (Å²) in [5.41, 5.74) is 5.95. The second-order valence-electron chi connectivity index (χ2n) is 3.41. The number of rotatable bonds is 5. The Kier molecular flexibility index (Phi) is 4.82. The first kappa shape index (κ1) is 14.1. The predicted molar refractivity (Wildman–Crippen MR) is 58.0 cm³/mol. The van der Waals surface area contributed by atoms with Gasteiger partial charge in [0, 0.05) is 0 Å². The van der Waals surface area contributed by atoms with Gasteiger partial charge in [-0.05, 0) is 12.1 Å². The quantitative estimate of drug-likeness (QED) is 0.653. The van der Waals surface area contributed by atoms with Gasteiger partial charge in [0.05, 0.1) is 18.7 Å². The molecule has 0 fully saturated rings. The first-order valence-electron chi connectivity index (χ1n) is 5.08. The molecule has 0 saturated carbocycles. The summed E-state index contributed by atoms with van der Waals surface area (Å²) in [6, 6.07) is 6.60. The summed E-state index contributed by atoms with van der Waals surface area (Å²) in [4.78, 5) is 10.9. The molecule has 0 aliphatic carbocycles. The van der Waals surface area contributed by atoms with Crippen molar-refractivity contribution in [1.82, 2.24) is 0 Å². The minimum Gasteiger partial charge on any atom is -0.491 e. The van der Waals surface area contributed by atoms with Gasteiger partial charge in [0.25, 0.3) is 0 Å². The summed E-state index contributed by atoms with van der Waals surface area (Å²) >= 11 is 0. The maximum Gasteiger partial charge on any atom is 0.422 e. The van der Waals surface area contributed by atoms with Crippen molar-refractivity contribution in [2.75, 3.05) is 18.9 Å². The van der Waals surface area contributed by atoms with Crippen LogP contribution >= 0.6 is 0 Å². The lowest BCUT2D eigenvalue weighted by Gasteiger charge is -2.09. The fraction of sp³-hybridized carbons (Fsp3) is 0.364. The molecule has 0 aliphatic rings. The number of hydrogen-bond donors (Lipinski definition) is 1. The summed E-state index contributed by atoms with van der Waals surface area (Å²) in [6.07, 6.45) is -4.79. The van der Waals surface area contributed by atoms with Crippen LogP contribution in [0.3, 0.4) is 0 Å². The molecule has 4 nitrogen and oxygen atoms in total. The highest BCUT2D eigenvalue weighted by Gasteiger charge is 2.29. The van der Waals surface area contributed by atoms with E-state index in [1.54, 1.807) is 24.3 Å². The number of ether oxygens (including phenoxy) is 2. The Labute approximate surface area is 101 Å². The lowest BCUT2D eigenvalue weighted by Crippen LogP contribution is -2.21. The Hall–Kier alpha value is -1.92. The smallest absolute Gasteiger partial charge is 0.422 e. The zero-order chi connectivity index (χ0) is 13.6. The minimum atomic E-state index is -4.51. The van der Waals surface area contributed by atoms with Gasteiger partial charge in [-0.15, -0.1) is 0 Å². The van der Waals surface area contributed by atoms with Crippen LogP contribution in [0.4, 0.5) is 18.9 Å². The number of nitrogen functional groups attached to an aromatic ring is 1. The summed E-state index contributed by atoms with van der Waals surface area (Å²) in [6.45, 7) is -1.68. The maximum absolute atomic E-state index is 11.7. The zero-order valence-corrected chi connectivity index (χ0v) is 9.37. The normalized spacial score (nSPS) is 11.1. The number of para-hydroxylation sites is 2. The van der Waals surface area contributed by atoms with Crippen molar-refractivity contribution in [3.63, 3.8) is 0 Å². The largest absolute Gasteiger partial charge is 0.491 e. The van der Waals surface area contributed by atoms with Crippen LogP contribution < -0.4 is 10.5 Å². The van der Waals surface area contributed by atoms with E-state index in [-0.39, 0.29) is 13.0 Å². The molecule has 0 amide bonds. The van der Waals surface area contributed by atoms with Crippen molar-refractivity contribution in [2.24, 2.45) is 0 Å². The Morgan fingerprint density at radius 2 is 1.94 bits per heavy atom. The van der Waals surface area contributed by atoms with Crippen molar-refractivity contribution in [1.29, 1.82) is 0 Å². The SMILES string of the molecule is Nc1ccccc1OCCC(=O)OCC(F)(F)F. The van der Waals surface area contributed by atoms with Crippen molar-refractivity contribution in [3.05, 3.63) is 24.3 Å². The van der Waals surface area contributed by atoms with Gasteiger partial charge >= 0.3 is 12.1 Å². The van der Waals surface area contributed by atoms with Crippen LogP contribution in [0.2, 0.25) is 0 Å². The summed E-state index contributed by atoms with van der Waals surface area (Å²) < 4.78 is 44.3. The second kappa shape index (κ2) is 6.13. The van der Waals surface area contributed by atoms with Gasteiger partial charge in [-0.1, -0.05) is 12.1 Å². The van der Waals surface area contributed by atoms with E-state index in [2.05, 4.69) is 4.74 Å². The molecule has 0 aliphatic heterocycles. The van der Waals surface area contributed by atoms with Crippen LogP contribution in [0.5, 0.6) is 5.75 Å². The third kappa shape index (κ3) is 5.42. The number of hydrogen-bond acceptors (Lipinski definition) is 4. The molecule has 100 valence electrons. The van der Waals surface area contributed by atoms with E-state index in [9.17, 15) is 18.0 Å². The van der Waals surface area contributed by atoms with E-state index in [1.807, 2.05) is 0 Å². The third-order valence-corrected chi connectivity index (χ3v) is 1.88. The van der Waals surface area contributed by atoms with Crippen LogP contribution in [0.15, 0.2) is 24.3 Å². The van der Waals surface area contributed by atoms with Crippen molar-refractivity contribution in [3.8, 4) is 5.75 Å². The molecule has 7 heteroatoms. The molecule has 0 atom stereocenters. The molecular weight excluding hydrogens is 251 g/mol. The average Bonchev–Trinajstić information content (AvgIpc) is 2.28. The van der Waals surface area contributed by atoms with Gasteiger partial charge in [0.2, 0.25) is 0 Å². The van der Waals surface area contributed by atoms with Crippen LogP contribution in [0.1, 0.15) is 6.42 Å². The van der Waals surface area contributed by atoms with Gasteiger partial charge < -0.3 is 15.2 Å². The summed E-state index contributed by atoms with van der Waals surface area (Å²) in [5.74, 6) is -0.594. The summed E-state index contributed by atoms with van der Waals surface area (Å²) in [5, 5.41) is 0. The molecule has 0 radical (unpaired) electrons. The fourth-order valence-electron chi connectivity index (χ4n) is 1.09. The second-order valence-corrected chi connectivity index (χ2v) is 3.41. The molecule has 1 aromatic rings. The highest BCUT2D eigenvalue weighted by molar-refractivity contribution is 5.69. The van der Waals surface area contributed by atoms with E-state index in [0.717, 1.165) is 0 Å². The van der Waals surface area contributed by atoms with Crippen molar-refractivity contribution >= 4 is 11.7 Å². The highest BCUT2D eigenvalue weighted by atomic mass is 19.4. The number of esters is 1. The molecule has 0 aromatic heterocycles. The van der Waals surface area contributed by atoms with E-state index in [4.69, 9.17) is 10.5 Å². The fourth-order valence-corrected chi connectivity index (χ4v) is 1.09. The Bertz CT molecular complexity index is 407.